The number of amides is 1. The van der Waals surface area contributed by atoms with E-state index in [-0.39, 0.29) is 5.56 Å². The van der Waals surface area contributed by atoms with E-state index in [1.54, 1.807) is 25.1 Å². The van der Waals surface area contributed by atoms with E-state index < -0.39 is 11.7 Å². The van der Waals surface area contributed by atoms with Crippen LogP contribution in [-0.4, -0.2) is 5.91 Å². The highest BCUT2D eigenvalue weighted by Crippen LogP contribution is 2.24. The third kappa shape index (κ3) is 3.06. The lowest BCUT2D eigenvalue weighted by molar-refractivity contribution is 0.102. The summed E-state index contributed by atoms with van der Waals surface area (Å²) in [5.74, 6) is -1.19. The molecule has 0 atom stereocenters. The molecule has 0 fully saturated rings. The molecule has 2 rings (SSSR count). The summed E-state index contributed by atoms with van der Waals surface area (Å²) in [6.07, 6.45) is 0. The summed E-state index contributed by atoms with van der Waals surface area (Å²) in [6.45, 7) is 1.77. The van der Waals surface area contributed by atoms with E-state index in [0.717, 1.165) is 11.6 Å². The van der Waals surface area contributed by atoms with Gasteiger partial charge < -0.3 is 5.32 Å². The van der Waals surface area contributed by atoms with Gasteiger partial charge in [-0.15, -0.1) is 0 Å². The Labute approximate surface area is 120 Å². The van der Waals surface area contributed by atoms with E-state index in [2.05, 4.69) is 5.32 Å². The van der Waals surface area contributed by atoms with Crippen molar-refractivity contribution in [3.05, 3.63) is 63.4 Å². The van der Waals surface area contributed by atoms with Gasteiger partial charge >= 0.3 is 0 Å². The molecule has 0 saturated heterocycles. The first kappa shape index (κ1) is 13.8. The number of rotatable bonds is 2. The van der Waals surface area contributed by atoms with Crippen LogP contribution in [0.3, 0.4) is 0 Å². The Balaban J connectivity index is 2.31. The van der Waals surface area contributed by atoms with Gasteiger partial charge in [0.25, 0.3) is 5.91 Å². The molecule has 0 aromatic heterocycles. The predicted octanol–water partition coefficient (Wildman–Crippen LogP) is 4.69. The van der Waals surface area contributed by atoms with Gasteiger partial charge in [-0.25, -0.2) is 4.39 Å². The highest BCUT2D eigenvalue weighted by molar-refractivity contribution is 6.32. The third-order valence-electron chi connectivity index (χ3n) is 2.69. The minimum atomic E-state index is -0.624. The van der Waals surface area contributed by atoms with E-state index in [4.69, 9.17) is 23.2 Å². The summed E-state index contributed by atoms with van der Waals surface area (Å²) in [5.41, 5.74) is 1.16. The zero-order valence-corrected chi connectivity index (χ0v) is 11.5. The smallest absolute Gasteiger partial charge is 0.258 e. The molecule has 0 heterocycles. The monoisotopic (exact) mass is 297 g/mol. The summed E-state index contributed by atoms with van der Waals surface area (Å²) >= 11 is 11.7. The van der Waals surface area contributed by atoms with Crippen LogP contribution in [0.25, 0.3) is 0 Å². The minimum absolute atomic E-state index is 0.105. The Morgan fingerprint density at radius 3 is 2.68 bits per heavy atom. The summed E-state index contributed by atoms with van der Waals surface area (Å²) < 4.78 is 13.6. The molecule has 1 N–H and O–H groups in total. The van der Waals surface area contributed by atoms with E-state index in [1.807, 2.05) is 0 Å². The van der Waals surface area contributed by atoms with Gasteiger partial charge in [-0.05, 0) is 42.8 Å². The molecule has 0 radical (unpaired) electrons. The third-order valence-corrected chi connectivity index (χ3v) is 3.33. The first-order valence-corrected chi connectivity index (χ1v) is 6.26. The molecule has 0 unspecified atom stereocenters. The fourth-order valence-corrected chi connectivity index (χ4v) is 1.95. The van der Waals surface area contributed by atoms with E-state index in [9.17, 15) is 9.18 Å². The maximum atomic E-state index is 13.6. The van der Waals surface area contributed by atoms with Crippen LogP contribution in [0.15, 0.2) is 36.4 Å². The van der Waals surface area contributed by atoms with Crippen molar-refractivity contribution in [3.8, 4) is 0 Å². The molecule has 0 aliphatic rings. The van der Waals surface area contributed by atoms with Crippen LogP contribution < -0.4 is 5.32 Å². The number of hydrogen-bond acceptors (Lipinski definition) is 1. The Morgan fingerprint density at radius 2 is 1.95 bits per heavy atom. The highest BCUT2D eigenvalue weighted by Gasteiger charge is 2.13. The number of carbonyl (C=O) groups excluding carboxylic acids is 1. The normalized spacial score (nSPS) is 10.3. The zero-order chi connectivity index (χ0) is 14.0. The fourth-order valence-electron chi connectivity index (χ4n) is 1.60. The molecule has 0 bridgehead atoms. The summed E-state index contributed by atoms with van der Waals surface area (Å²) in [5, 5.41) is 3.45. The molecule has 98 valence electrons. The summed E-state index contributed by atoms with van der Waals surface area (Å²) in [6, 6.07) is 8.94. The van der Waals surface area contributed by atoms with Gasteiger partial charge in [0.2, 0.25) is 0 Å². The Morgan fingerprint density at radius 1 is 1.21 bits per heavy atom. The van der Waals surface area contributed by atoms with Crippen LogP contribution in [0.4, 0.5) is 10.1 Å². The number of carbonyl (C=O) groups is 1. The predicted molar refractivity (Wildman–Crippen MR) is 75.6 cm³/mol. The van der Waals surface area contributed by atoms with E-state index in [0.29, 0.717) is 15.7 Å². The van der Waals surface area contributed by atoms with Crippen LogP contribution in [-0.2, 0) is 0 Å². The second kappa shape index (κ2) is 5.59. The molecule has 2 nitrogen and oxygen atoms in total. The minimum Gasteiger partial charge on any atom is -0.322 e. The molecule has 2 aromatic carbocycles. The van der Waals surface area contributed by atoms with Gasteiger partial charge in [-0.1, -0.05) is 29.3 Å². The molecule has 0 saturated carbocycles. The average Bonchev–Trinajstić information content (AvgIpc) is 2.38. The first-order chi connectivity index (χ1) is 8.99. The van der Waals surface area contributed by atoms with Crippen LogP contribution in [0.1, 0.15) is 15.9 Å². The molecule has 2 aromatic rings. The Hall–Kier alpha value is -1.58. The van der Waals surface area contributed by atoms with Crippen molar-refractivity contribution in [2.24, 2.45) is 0 Å². The van der Waals surface area contributed by atoms with E-state index in [1.165, 1.54) is 12.1 Å². The lowest BCUT2D eigenvalue weighted by Gasteiger charge is -2.10. The molecule has 0 spiro atoms. The molecular weight excluding hydrogens is 288 g/mol. The zero-order valence-electron chi connectivity index (χ0n) is 10.0. The molecule has 0 aliphatic heterocycles. The van der Waals surface area contributed by atoms with Crippen molar-refractivity contribution in [1.82, 2.24) is 0 Å². The number of nitrogens with one attached hydrogen (secondary N) is 1. The maximum absolute atomic E-state index is 13.6. The van der Waals surface area contributed by atoms with Crippen LogP contribution in [0, 0.1) is 12.7 Å². The molecule has 19 heavy (non-hydrogen) atoms. The van der Waals surface area contributed by atoms with Crippen molar-refractivity contribution in [1.29, 1.82) is 0 Å². The van der Waals surface area contributed by atoms with Gasteiger partial charge in [-0.3, -0.25) is 4.79 Å². The number of halogens is 3. The second-order valence-electron chi connectivity index (χ2n) is 3.99. The van der Waals surface area contributed by atoms with Crippen molar-refractivity contribution < 1.29 is 9.18 Å². The topological polar surface area (TPSA) is 29.1 Å². The van der Waals surface area contributed by atoms with Crippen LogP contribution >= 0.6 is 23.2 Å². The van der Waals surface area contributed by atoms with Crippen LogP contribution in [0.5, 0.6) is 0 Å². The Bertz CT molecular complexity index is 643. The summed E-state index contributed by atoms with van der Waals surface area (Å²) in [7, 11) is 0. The lowest BCUT2D eigenvalue weighted by atomic mass is 10.1. The molecule has 0 aliphatic carbocycles. The van der Waals surface area contributed by atoms with Gasteiger partial charge in [0.05, 0.1) is 5.56 Å². The lowest BCUT2D eigenvalue weighted by Crippen LogP contribution is -2.14. The number of hydrogen-bond donors (Lipinski definition) is 1. The summed E-state index contributed by atoms with van der Waals surface area (Å²) in [4.78, 5) is 12.0. The number of benzene rings is 2. The molecule has 1 amide bonds. The average molecular weight is 298 g/mol. The Kier molecular flexibility index (Phi) is 4.08. The van der Waals surface area contributed by atoms with Gasteiger partial charge in [-0.2, -0.15) is 0 Å². The quantitative estimate of drug-likeness (QED) is 0.856. The van der Waals surface area contributed by atoms with Gasteiger partial charge in [0.15, 0.2) is 0 Å². The fraction of sp³-hybridized carbons (Fsp3) is 0.0714. The first-order valence-electron chi connectivity index (χ1n) is 5.50. The number of anilines is 1. The van der Waals surface area contributed by atoms with Crippen molar-refractivity contribution in [2.75, 3.05) is 5.32 Å². The van der Waals surface area contributed by atoms with Gasteiger partial charge in [0.1, 0.15) is 5.82 Å². The van der Waals surface area contributed by atoms with E-state index >= 15 is 0 Å². The molecule has 5 heteroatoms. The van der Waals surface area contributed by atoms with Gasteiger partial charge in [0, 0.05) is 15.7 Å². The van der Waals surface area contributed by atoms with Crippen LogP contribution in [0.2, 0.25) is 10.0 Å². The second-order valence-corrected chi connectivity index (χ2v) is 4.83. The highest BCUT2D eigenvalue weighted by atomic mass is 35.5. The van der Waals surface area contributed by atoms with Crippen molar-refractivity contribution in [3.63, 3.8) is 0 Å². The standard InChI is InChI=1S/C14H10Cl2FNO/c1-8-11(16)3-2-4-13(8)18-14(19)10-7-9(15)5-6-12(10)17/h2-7H,1H3,(H,18,19). The largest absolute Gasteiger partial charge is 0.322 e. The van der Waals surface area contributed by atoms with Crippen molar-refractivity contribution >= 4 is 34.8 Å². The molecular formula is C14H10Cl2FNO. The van der Waals surface area contributed by atoms with Crippen molar-refractivity contribution in [2.45, 2.75) is 6.92 Å². The maximum Gasteiger partial charge on any atom is 0.258 e. The SMILES string of the molecule is Cc1c(Cl)cccc1NC(=O)c1cc(Cl)ccc1F.